The van der Waals surface area contributed by atoms with Crippen LogP contribution in [-0.2, 0) is 32.0 Å². The van der Waals surface area contributed by atoms with Crippen LogP contribution in [0.3, 0.4) is 0 Å². The Morgan fingerprint density at radius 1 is 1.02 bits per heavy atom. The van der Waals surface area contributed by atoms with E-state index in [-0.39, 0.29) is 11.9 Å². The molecule has 2 N–H and O–H groups in total. The summed E-state index contributed by atoms with van der Waals surface area (Å²) in [5, 5.41) is 7.79. The third-order valence-corrected chi connectivity index (χ3v) is 8.88. The fourth-order valence-corrected chi connectivity index (χ4v) is 6.55. The van der Waals surface area contributed by atoms with Crippen LogP contribution in [-0.4, -0.2) is 66.7 Å². The monoisotopic (exact) mass is 607 g/mol. The lowest BCUT2D eigenvalue weighted by atomic mass is 10.1. The zero-order valence-corrected chi connectivity index (χ0v) is 25.6. The van der Waals surface area contributed by atoms with E-state index in [2.05, 4.69) is 91.8 Å². The second-order valence-electron chi connectivity index (χ2n) is 12.8. The van der Waals surface area contributed by atoms with Crippen molar-refractivity contribution >= 4 is 33.8 Å². The summed E-state index contributed by atoms with van der Waals surface area (Å²) in [7, 11) is 0. The van der Waals surface area contributed by atoms with E-state index in [1.54, 1.807) is 6.33 Å². The zero-order chi connectivity index (χ0) is 30.7. The summed E-state index contributed by atoms with van der Waals surface area (Å²) in [6, 6.07) is 17.5. The second kappa shape index (κ2) is 10.9. The number of rotatable bonds is 9. The SMILES string of the molecule is Cc1ccc(Cn2cc(CCNc3ncnc4c3ncn4[C@@H]3O[C@H](C(=O)NC4CC4)[C@H]4OC(C)(C)O[C@H]43)c3ccccc32)cc1. The molecule has 2 aliphatic heterocycles. The number of para-hydroxylation sites is 1. The number of hydrogen-bond donors (Lipinski definition) is 2. The highest BCUT2D eigenvalue weighted by Gasteiger charge is 2.58. The molecule has 45 heavy (non-hydrogen) atoms. The number of benzene rings is 2. The molecule has 3 aromatic heterocycles. The van der Waals surface area contributed by atoms with Gasteiger partial charge in [-0.25, -0.2) is 15.0 Å². The highest BCUT2D eigenvalue weighted by atomic mass is 16.8. The van der Waals surface area contributed by atoms with Gasteiger partial charge in [0.2, 0.25) is 0 Å². The molecule has 3 aliphatic rings. The summed E-state index contributed by atoms with van der Waals surface area (Å²) < 4.78 is 22.9. The van der Waals surface area contributed by atoms with E-state index in [0.29, 0.717) is 23.5 Å². The van der Waals surface area contributed by atoms with Gasteiger partial charge in [0.25, 0.3) is 5.91 Å². The molecule has 1 aliphatic carbocycles. The predicted octanol–water partition coefficient (Wildman–Crippen LogP) is 4.49. The first-order chi connectivity index (χ1) is 21.8. The number of imidazole rings is 1. The molecule has 3 fully saturated rings. The van der Waals surface area contributed by atoms with Gasteiger partial charge in [-0.1, -0.05) is 48.0 Å². The van der Waals surface area contributed by atoms with Gasteiger partial charge in [0.1, 0.15) is 18.5 Å². The molecule has 1 saturated carbocycles. The molecule has 4 atom stereocenters. The summed E-state index contributed by atoms with van der Waals surface area (Å²) in [6.07, 6.45) is 5.82. The number of hydrogen-bond acceptors (Lipinski definition) is 8. The molecular formula is C34H37N7O4. The minimum atomic E-state index is -0.836. The van der Waals surface area contributed by atoms with Gasteiger partial charge in [-0.05, 0) is 57.2 Å². The van der Waals surface area contributed by atoms with Crippen LogP contribution in [0.4, 0.5) is 5.82 Å². The molecule has 2 aromatic carbocycles. The van der Waals surface area contributed by atoms with E-state index >= 15 is 0 Å². The fraction of sp³-hybridized carbons (Fsp3) is 0.412. The Morgan fingerprint density at radius 2 is 1.82 bits per heavy atom. The Balaban J connectivity index is 1.01. The number of nitrogens with zero attached hydrogens (tertiary/aromatic N) is 5. The first-order valence-corrected chi connectivity index (χ1v) is 15.7. The Bertz CT molecular complexity index is 1880. The van der Waals surface area contributed by atoms with Gasteiger partial charge in [0.15, 0.2) is 35.1 Å². The summed E-state index contributed by atoms with van der Waals surface area (Å²) >= 11 is 0. The summed E-state index contributed by atoms with van der Waals surface area (Å²) in [4.78, 5) is 26.8. The molecule has 2 saturated heterocycles. The van der Waals surface area contributed by atoms with Crippen LogP contribution in [0.15, 0.2) is 67.4 Å². The molecular weight excluding hydrogens is 570 g/mol. The van der Waals surface area contributed by atoms with Crippen LogP contribution in [0.2, 0.25) is 0 Å². The van der Waals surface area contributed by atoms with E-state index in [4.69, 9.17) is 14.2 Å². The number of aryl methyl sites for hydroxylation is 1. The molecule has 0 bridgehead atoms. The standard InChI is InChI=1S/C34H37N7O4/c1-20-8-10-21(11-9-20)16-40-17-22(24-6-4-5-7-25(24)40)14-15-35-30-26-31(37-18-36-30)41(19-38-26)33-29-27(44-34(2,3)45-29)28(43-33)32(42)39-23-12-13-23/h4-11,17-19,23,27-29,33H,12-16H2,1-3H3,(H,39,42)(H,35,36,37)/t27-,28+,29-,33-/m1/s1. The van der Waals surface area contributed by atoms with E-state index in [0.717, 1.165) is 25.8 Å². The van der Waals surface area contributed by atoms with Crippen LogP contribution in [0.1, 0.15) is 49.6 Å². The van der Waals surface area contributed by atoms with Crippen molar-refractivity contribution in [1.82, 2.24) is 29.4 Å². The minimum absolute atomic E-state index is 0.169. The topological polar surface area (TPSA) is 117 Å². The Hall–Kier alpha value is -4.32. The maximum atomic E-state index is 13.1. The average molecular weight is 608 g/mol. The fourth-order valence-electron chi connectivity index (χ4n) is 6.55. The number of anilines is 1. The van der Waals surface area contributed by atoms with Crippen molar-refractivity contribution in [3.63, 3.8) is 0 Å². The molecule has 0 spiro atoms. The van der Waals surface area contributed by atoms with Crippen LogP contribution in [0.5, 0.6) is 0 Å². The van der Waals surface area contributed by atoms with Gasteiger partial charge in [-0.3, -0.25) is 9.36 Å². The molecule has 0 radical (unpaired) electrons. The van der Waals surface area contributed by atoms with Gasteiger partial charge < -0.3 is 29.4 Å². The van der Waals surface area contributed by atoms with Gasteiger partial charge in [0.05, 0.1) is 6.33 Å². The molecule has 0 unspecified atom stereocenters. The highest BCUT2D eigenvalue weighted by Crippen LogP contribution is 2.44. The van der Waals surface area contributed by atoms with E-state index in [1.807, 2.05) is 18.4 Å². The lowest BCUT2D eigenvalue weighted by Gasteiger charge is -2.24. The molecule has 8 rings (SSSR count). The Morgan fingerprint density at radius 3 is 2.64 bits per heavy atom. The summed E-state index contributed by atoms with van der Waals surface area (Å²) in [5.74, 6) is -0.363. The zero-order valence-electron chi connectivity index (χ0n) is 25.6. The Labute approximate surface area is 260 Å². The van der Waals surface area contributed by atoms with Crippen LogP contribution in [0, 0.1) is 6.92 Å². The van der Waals surface area contributed by atoms with E-state index < -0.39 is 30.3 Å². The van der Waals surface area contributed by atoms with Crippen LogP contribution >= 0.6 is 0 Å². The summed E-state index contributed by atoms with van der Waals surface area (Å²) in [6.45, 7) is 7.30. The van der Waals surface area contributed by atoms with E-state index in [1.165, 1.54) is 33.9 Å². The van der Waals surface area contributed by atoms with Crippen molar-refractivity contribution in [2.75, 3.05) is 11.9 Å². The van der Waals surface area contributed by atoms with E-state index in [9.17, 15) is 4.79 Å². The average Bonchev–Trinajstić information content (AvgIpc) is 3.32. The predicted molar refractivity (Wildman–Crippen MR) is 169 cm³/mol. The maximum Gasteiger partial charge on any atom is 0.252 e. The molecule has 1 amide bonds. The van der Waals surface area contributed by atoms with Crippen molar-refractivity contribution < 1.29 is 19.0 Å². The van der Waals surface area contributed by atoms with Gasteiger partial charge in [-0.15, -0.1) is 0 Å². The number of amides is 1. The number of carbonyl (C=O) groups excluding carboxylic acids is 1. The van der Waals surface area contributed by atoms with Crippen molar-refractivity contribution in [3.05, 3.63) is 84.1 Å². The number of carbonyl (C=O) groups is 1. The van der Waals surface area contributed by atoms with Gasteiger partial charge in [0, 0.05) is 36.2 Å². The quantitative estimate of drug-likeness (QED) is 0.252. The number of fused-ring (bicyclic) bond motifs is 3. The number of nitrogens with one attached hydrogen (secondary N) is 2. The molecule has 232 valence electrons. The molecule has 11 nitrogen and oxygen atoms in total. The molecule has 11 heteroatoms. The van der Waals surface area contributed by atoms with Crippen molar-refractivity contribution in [3.8, 4) is 0 Å². The lowest BCUT2D eigenvalue weighted by molar-refractivity contribution is -0.197. The second-order valence-corrected chi connectivity index (χ2v) is 12.8. The number of aromatic nitrogens is 5. The Kier molecular flexibility index (Phi) is 6.85. The molecule has 5 heterocycles. The maximum absolute atomic E-state index is 13.1. The largest absolute Gasteiger partial charge is 0.368 e. The van der Waals surface area contributed by atoms with Crippen LogP contribution in [0.25, 0.3) is 22.1 Å². The first-order valence-electron chi connectivity index (χ1n) is 15.7. The third-order valence-electron chi connectivity index (χ3n) is 8.88. The van der Waals surface area contributed by atoms with Gasteiger partial charge >= 0.3 is 0 Å². The summed E-state index contributed by atoms with van der Waals surface area (Å²) in [5.41, 5.74) is 6.25. The number of ether oxygens (including phenoxy) is 3. The smallest absolute Gasteiger partial charge is 0.252 e. The molecule has 5 aromatic rings. The highest BCUT2D eigenvalue weighted by molar-refractivity contribution is 5.85. The van der Waals surface area contributed by atoms with Gasteiger partial charge in [-0.2, -0.15) is 0 Å². The van der Waals surface area contributed by atoms with Crippen molar-refractivity contribution in [2.24, 2.45) is 0 Å². The third kappa shape index (κ3) is 5.34. The normalized spacial score (nSPS) is 23.9. The minimum Gasteiger partial charge on any atom is -0.368 e. The van der Waals surface area contributed by atoms with Crippen LogP contribution < -0.4 is 10.6 Å². The van der Waals surface area contributed by atoms with Crippen molar-refractivity contribution in [1.29, 1.82) is 0 Å². The lowest BCUT2D eigenvalue weighted by Crippen LogP contribution is -2.43. The first kappa shape index (κ1) is 28.2. The van der Waals surface area contributed by atoms with Crippen molar-refractivity contribution in [2.45, 2.75) is 82.9 Å².